The molecular weight excluding hydrogens is 322 g/mol. The van der Waals surface area contributed by atoms with E-state index in [9.17, 15) is 34.9 Å². The average Bonchev–Trinajstić information content (AvgIpc) is 2.26. The van der Waals surface area contributed by atoms with Gasteiger partial charge in [0.15, 0.2) is 0 Å². The zero-order valence-electron chi connectivity index (χ0n) is 9.74. The van der Waals surface area contributed by atoms with Crippen molar-refractivity contribution >= 4 is 10.1 Å². The topological polar surface area (TPSA) is 66.4 Å². The van der Waals surface area contributed by atoms with Gasteiger partial charge in [-0.15, -0.1) is 0 Å². The first-order valence-electron chi connectivity index (χ1n) is 4.38. The fraction of sp³-hybridized carbons (Fsp3) is 0.111. The summed E-state index contributed by atoms with van der Waals surface area (Å²) in [5, 5.41) is 0. The predicted molar refractivity (Wildman–Crippen MR) is 50.3 cm³/mol. The maximum Gasteiger partial charge on any atom is 1.00 e. The molecule has 0 radical (unpaired) electrons. The molecule has 0 aromatic heterocycles. The number of hydrogen-bond acceptors (Lipinski definition) is 4. The van der Waals surface area contributed by atoms with Crippen molar-refractivity contribution in [3.63, 3.8) is 0 Å². The van der Waals surface area contributed by atoms with E-state index in [0.29, 0.717) is 6.07 Å². The summed E-state index contributed by atoms with van der Waals surface area (Å²) in [4.78, 5) is -0.856. The summed E-state index contributed by atoms with van der Waals surface area (Å²) in [5.41, 5.74) is 0. The van der Waals surface area contributed by atoms with E-state index in [2.05, 4.69) is 4.74 Å². The predicted octanol–water partition coefficient (Wildman–Crippen LogP) is -0.356. The van der Waals surface area contributed by atoms with Crippen LogP contribution in [0.4, 0.5) is 22.0 Å². The van der Waals surface area contributed by atoms with Crippen molar-refractivity contribution in [1.29, 1.82) is 0 Å². The molecule has 20 heavy (non-hydrogen) atoms. The Morgan fingerprint density at radius 1 is 1.20 bits per heavy atom. The Morgan fingerprint density at radius 2 is 1.75 bits per heavy atom. The van der Waals surface area contributed by atoms with Crippen LogP contribution in [0.25, 0.3) is 0 Å². The summed E-state index contributed by atoms with van der Waals surface area (Å²) >= 11 is 0. The molecule has 0 aliphatic heterocycles. The summed E-state index contributed by atoms with van der Waals surface area (Å²) in [6.07, 6.45) is -5.58. The molecule has 0 atom stereocenters. The monoisotopic (exact) mass is 326 g/mol. The van der Waals surface area contributed by atoms with Crippen LogP contribution in [0.15, 0.2) is 41.0 Å². The van der Waals surface area contributed by atoms with Crippen LogP contribution < -0.4 is 34.3 Å². The first-order valence-corrected chi connectivity index (χ1v) is 5.79. The molecule has 4 nitrogen and oxygen atoms in total. The third-order valence-electron chi connectivity index (χ3n) is 1.72. The number of alkyl halides is 3. The first-order chi connectivity index (χ1) is 8.51. The van der Waals surface area contributed by atoms with E-state index in [1.807, 2.05) is 0 Å². The molecule has 0 heterocycles. The van der Waals surface area contributed by atoms with Gasteiger partial charge in [0.2, 0.25) is 0 Å². The van der Waals surface area contributed by atoms with E-state index in [-0.39, 0.29) is 29.6 Å². The Morgan fingerprint density at radius 3 is 2.20 bits per heavy atom. The average molecular weight is 326 g/mol. The van der Waals surface area contributed by atoms with Crippen LogP contribution in [0.5, 0.6) is 5.75 Å². The zero-order chi connectivity index (χ0) is 14.8. The number of hydrogen-bond donors (Lipinski definition) is 0. The SMILES string of the molecule is O=S(=O)([O-])c1cccc(O/C(F)=C(\F)C(F)(F)F)c1.[Na+]. The van der Waals surface area contributed by atoms with Gasteiger partial charge in [0.05, 0.1) is 4.90 Å². The minimum Gasteiger partial charge on any atom is -0.744 e. The molecule has 0 spiro atoms. The van der Waals surface area contributed by atoms with Crippen LogP contribution in [0.3, 0.4) is 0 Å². The number of halogens is 5. The molecule has 0 N–H and O–H groups in total. The van der Waals surface area contributed by atoms with E-state index in [1.165, 1.54) is 0 Å². The number of benzene rings is 1. The molecule has 0 aliphatic carbocycles. The van der Waals surface area contributed by atoms with Gasteiger partial charge in [-0.05, 0) is 18.2 Å². The molecular formula is C9H4F5NaO4S. The van der Waals surface area contributed by atoms with E-state index >= 15 is 0 Å². The van der Waals surface area contributed by atoms with Gasteiger partial charge in [-0.1, -0.05) is 6.07 Å². The van der Waals surface area contributed by atoms with Crippen molar-refractivity contribution in [2.24, 2.45) is 0 Å². The Hall–Kier alpha value is -0.680. The van der Waals surface area contributed by atoms with Crippen molar-refractivity contribution in [3.8, 4) is 5.75 Å². The van der Waals surface area contributed by atoms with Gasteiger partial charge in [0, 0.05) is 0 Å². The van der Waals surface area contributed by atoms with Crippen molar-refractivity contribution in [3.05, 3.63) is 36.1 Å². The Kier molecular flexibility index (Phi) is 6.62. The number of rotatable bonds is 3. The molecule has 1 aromatic rings. The second kappa shape index (κ2) is 6.85. The fourth-order valence-corrected chi connectivity index (χ4v) is 1.46. The van der Waals surface area contributed by atoms with Crippen LogP contribution in [0, 0.1) is 0 Å². The van der Waals surface area contributed by atoms with Crippen LogP contribution in [-0.2, 0) is 10.1 Å². The third kappa shape index (κ3) is 5.37. The summed E-state index contributed by atoms with van der Waals surface area (Å²) in [7, 11) is -4.89. The molecule has 11 heteroatoms. The van der Waals surface area contributed by atoms with Crippen molar-refractivity contribution < 1.29 is 69.2 Å². The van der Waals surface area contributed by atoms with E-state index in [0.717, 1.165) is 18.2 Å². The molecule has 0 saturated heterocycles. The Bertz CT molecular complexity index is 611. The molecule has 0 bridgehead atoms. The maximum absolute atomic E-state index is 12.7. The molecule has 106 valence electrons. The molecule has 0 aliphatic rings. The third-order valence-corrected chi connectivity index (χ3v) is 2.55. The van der Waals surface area contributed by atoms with Gasteiger partial charge in [-0.2, -0.15) is 22.0 Å². The van der Waals surface area contributed by atoms with E-state index in [1.54, 1.807) is 0 Å². The smallest absolute Gasteiger partial charge is 0.744 e. The minimum atomic E-state index is -5.58. The molecule has 1 aromatic carbocycles. The summed E-state index contributed by atoms with van der Waals surface area (Å²) in [6, 6.07) is 0.451. The normalized spacial score (nSPS) is 13.3. The molecule has 1 rings (SSSR count). The summed E-state index contributed by atoms with van der Waals surface area (Å²) in [6.45, 7) is 0. The largest absolute Gasteiger partial charge is 1.00 e. The minimum absolute atomic E-state index is 0. The standard InChI is InChI=1S/C9H5F5O4S.Na/c10-7(9(12,13)14)8(11)18-5-2-1-3-6(4-5)19(15,16)17;/h1-4H,(H,15,16,17);/q;+1/p-1/b8-7-;. The van der Waals surface area contributed by atoms with Gasteiger partial charge in [0.1, 0.15) is 15.9 Å². The Labute approximate surface area is 132 Å². The number of allylic oxidation sites excluding steroid dienone is 1. The van der Waals surface area contributed by atoms with Gasteiger partial charge >= 0.3 is 41.7 Å². The molecule has 0 unspecified atom stereocenters. The van der Waals surface area contributed by atoms with Crippen LogP contribution >= 0.6 is 0 Å². The zero-order valence-corrected chi connectivity index (χ0v) is 12.6. The van der Waals surface area contributed by atoms with Crippen molar-refractivity contribution in [2.45, 2.75) is 11.1 Å². The van der Waals surface area contributed by atoms with Crippen molar-refractivity contribution in [2.75, 3.05) is 0 Å². The van der Waals surface area contributed by atoms with E-state index in [4.69, 9.17) is 0 Å². The van der Waals surface area contributed by atoms with E-state index < -0.39 is 38.8 Å². The quantitative estimate of drug-likeness (QED) is 0.329. The van der Waals surface area contributed by atoms with Crippen LogP contribution in [0.2, 0.25) is 0 Å². The molecule has 0 saturated carbocycles. The van der Waals surface area contributed by atoms with Gasteiger partial charge < -0.3 is 9.29 Å². The second-order valence-electron chi connectivity index (χ2n) is 3.12. The van der Waals surface area contributed by atoms with Crippen LogP contribution in [0.1, 0.15) is 0 Å². The Balaban J connectivity index is 0.00000361. The molecule has 0 amide bonds. The van der Waals surface area contributed by atoms with Gasteiger partial charge in [-0.3, -0.25) is 0 Å². The van der Waals surface area contributed by atoms with Gasteiger partial charge in [0.25, 0.3) is 5.83 Å². The summed E-state index contributed by atoms with van der Waals surface area (Å²) < 4.78 is 96.1. The number of ether oxygens (including phenoxy) is 1. The summed E-state index contributed by atoms with van der Waals surface area (Å²) in [5.74, 6) is -3.88. The fourth-order valence-electron chi connectivity index (χ4n) is 0.953. The molecule has 0 fully saturated rings. The van der Waals surface area contributed by atoms with Gasteiger partial charge in [-0.25, -0.2) is 8.42 Å². The second-order valence-corrected chi connectivity index (χ2v) is 4.50. The first kappa shape index (κ1) is 19.3. The van der Waals surface area contributed by atoms with Crippen molar-refractivity contribution in [1.82, 2.24) is 0 Å². The maximum atomic E-state index is 12.7. The van der Waals surface area contributed by atoms with Crippen LogP contribution in [-0.4, -0.2) is 19.1 Å².